The van der Waals surface area contributed by atoms with E-state index in [2.05, 4.69) is 24.1 Å². The van der Waals surface area contributed by atoms with Gasteiger partial charge in [0.25, 0.3) is 5.56 Å². The van der Waals surface area contributed by atoms with Gasteiger partial charge in [-0.1, -0.05) is 68.1 Å². The summed E-state index contributed by atoms with van der Waals surface area (Å²) in [6, 6.07) is 17.1. The Morgan fingerprint density at radius 2 is 1.81 bits per heavy atom. The van der Waals surface area contributed by atoms with Crippen molar-refractivity contribution >= 4 is 28.6 Å². The molecule has 1 N–H and O–H groups in total. The highest BCUT2D eigenvalue weighted by atomic mass is 32.2. The van der Waals surface area contributed by atoms with E-state index in [9.17, 15) is 9.59 Å². The Kier molecular flexibility index (Phi) is 6.29. The highest BCUT2D eigenvalue weighted by Crippen LogP contribution is 2.18. The smallest absolute Gasteiger partial charge is 0.262 e. The zero-order chi connectivity index (χ0) is 19.2. The number of benzene rings is 2. The number of aromatic nitrogens is 2. The standard InChI is InChI=1S/C21H23N3O2S/c1-15(2)13-24-20(26)17-10-6-7-11-18(17)23-21(24)27-14-19(25)22-12-16-8-4-3-5-9-16/h3-11,15H,12-14H2,1-2H3,(H,22,25). The summed E-state index contributed by atoms with van der Waals surface area (Å²) in [5, 5.41) is 4.10. The van der Waals surface area contributed by atoms with Crippen molar-refractivity contribution in [2.75, 3.05) is 5.75 Å². The zero-order valence-corrected chi connectivity index (χ0v) is 16.3. The fraction of sp³-hybridized carbons (Fsp3) is 0.286. The Bertz CT molecular complexity index is 984. The molecule has 0 aliphatic heterocycles. The molecule has 1 aromatic heterocycles. The minimum absolute atomic E-state index is 0.0542. The van der Waals surface area contributed by atoms with E-state index in [0.717, 1.165) is 5.56 Å². The normalized spacial score (nSPS) is 11.1. The van der Waals surface area contributed by atoms with Crippen molar-refractivity contribution in [3.63, 3.8) is 0 Å². The lowest BCUT2D eigenvalue weighted by Gasteiger charge is -2.14. The predicted octanol–water partition coefficient (Wildman–Crippen LogP) is 3.46. The van der Waals surface area contributed by atoms with Gasteiger partial charge in [-0.2, -0.15) is 0 Å². The molecule has 0 aliphatic rings. The van der Waals surface area contributed by atoms with Crippen LogP contribution in [0.5, 0.6) is 0 Å². The average Bonchev–Trinajstić information content (AvgIpc) is 2.68. The molecule has 0 fully saturated rings. The van der Waals surface area contributed by atoms with Crippen LogP contribution >= 0.6 is 11.8 Å². The Morgan fingerprint density at radius 3 is 2.56 bits per heavy atom. The third kappa shape index (κ3) is 4.98. The molecule has 0 unspecified atom stereocenters. The van der Waals surface area contributed by atoms with Gasteiger partial charge < -0.3 is 5.32 Å². The van der Waals surface area contributed by atoms with Crippen LogP contribution in [-0.4, -0.2) is 21.2 Å². The van der Waals surface area contributed by atoms with E-state index in [1.165, 1.54) is 11.8 Å². The summed E-state index contributed by atoms with van der Waals surface area (Å²) in [5.41, 5.74) is 1.66. The molecule has 0 bridgehead atoms. The third-order valence-electron chi connectivity index (χ3n) is 4.04. The van der Waals surface area contributed by atoms with Crippen molar-refractivity contribution in [1.82, 2.24) is 14.9 Å². The van der Waals surface area contributed by atoms with Gasteiger partial charge in [-0.05, 0) is 23.6 Å². The molecule has 1 amide bonds. The van der Waals surface area contributed by atoms with E-state index in [1.54, 1.807) is 10.6 Å². The van der Waals surface area contributed by atoms with Crippen LogP contribution in [-0.2, 0) is 17.9 Å². The number of hydrogen-bond donors (Lipinski definition) is 1. The summed E-state index contributed by atoms with van der Waals surface area (Å²) in [7, 11) is 0. The highest BCUT2D eigenvalue weighted by Gasteiger charge is 2.14. The van der Waals surface area contributed by atoms with Gasteiger partial charge in [0.15, 0.2) is 5.16 Å². The summed E-state index contributed by atoms with van der Waals surface area (Å²) in [4.78, 5) is 29.7. The third-order valence-corrected chi connectivity index (χ3v) is 5.02. The first-order valence-corrected chi connectivity index (χ1v) is 9.96. The minimum atomic E-state index is -0.0812. The second-order valence-electron chi connectivity index (χ2n) is 6.77. The molecular formula is C21H23N3O2S. The number of nitrogens with one attached hydrogen (secondary N) is 1. The Balaban J connectivity index is 1.75. The SMILES string of the molecule is CC(C)Cn1c(SCC(=O)NCc2ccccc2)nc2ccccc2c1=O. The van der Waals surface area contributed by atoms with E-state index in [-0.39, 0.29) is 17.2 Å². The predicted molar refractivity (Wildman–Crippen MR) is 110 cm³/mol. The maximum atomic E-state index is 12.8. The van der Waals surface area contributed by atoms with Crippen molar-refractivity contribution in [2.24, 2.45) is 5.92 Å². The zero-order valence-electron chi connectivity index (χ0n) is 15.5. The Hall–Kier alpha value is -2.60. The molecule has 6 heteroatoms. The summed E-state index contributed by atoms with van der Waals surface area (Å²) >= 11 is 1.30. The average molecular weight is 382 g/mol. The largest absolute Gasteiger partial charge is 0.351 e. The molecule has 2 aromatic carbocycles. The van der Waals surface area contributed by atoms with Crippen molar-refractivity contribution in [1.29, 1.82) is 0 Å². The van der Waals surface area contributed by atoms with Crippen LogP contribution in [0.4, 0.5) is 0 Å². The molecule has 0 radical (unpaired) electrons. The summed E-state index contributed by atoms with van der Waals surface area (Å²) < 4.78 is 1.68. The summed E-state index contributed by atoms with van der Waals surface area (Å²) in [6.45, 7) is 5.18. The molecule has 3 rings (SSSR count). The Morgan fingerprint density at radius 1 is 1.11 bits per heavy atom. The lowest BCUT2D eigenvalue weighted by atomic mass is 10.2. The quantitative estimate of drug-likeness (QED) is 0.503. The fourth-order valence-corrected chi connectivity index (χ4v) is 3.60. The van der Waals surface area contributed by atoms with Crippen LogP contribution in [0.3, 0.4) is 0 Å². The first-order chi connectivity index (χ1) is 13.0. The summed E-state index contributed by atoms with van der Waals surface area (Å²) in [6.07, 6.45) is 0. The van der Waals surface area contributed by atoms with Crippen molar-refractivity contribution in [3.05, 3.63) is 70.5 Å². The number of nitrogens with zero attached hydrogens (tertiary/aromatic N) is 2. The van der Waals surface area contributed by atoms with Crippen LogP contribution in [0.25, 0.3) is 10.9 Å². The van der Waals surface area contributed by atoms with Gasteiger partial charge in [-0.3, -0.25) is 14.2 Å². The van der Waals surface area contributed by atoms with Crippen molar-refractivity contribution < 1.29 is 4.79 Å². The molecule has 0 spiro atoms. The molecule has 1 heterocycles. The number of carbonyl (C=O) groups is 1. The number of carbonyl (C=O) groups excluding carboxylic acids is 1. The van der Waals surface area contributed by atoms with Gasteiger partial charge in [0, 0.05) is 13.1 Å². The molecule has 0 saturated heterocycles. The maximum Gasteiger partial charge on any atom is 0.262 e. The van der Waals surface area contributed by atoms with Crippen molar-refractivity contribution in [3.8, 4) is 0 Å². The van der Waals surface area contributed by atoms with E-state index >= 15 is 0 Å². The lowest BCUT2D eigenvalue weighted by Crippen LogP contribution is -2.27. The molecule has 140 valence electrons. The van der Waals surface area contributed by atoms with Crippen LogP contribution in [0, 0.1) is 5.92 Å². The van der Waals surface area contributed by atoms with Gasteiger partial charge in [0.1, 0.15) is 0 Å². The Labute approximate surface area is 162 Å². The molecule has 0 aliphatic carbocycles. The van der Waals surface area contributed by atoms with Crippen LogP contribution in [0.2, 0.25) is 0 Å². The monoisotopic (exact) mass is 381 g/mol. The number of para-hydroxylation sites is 1. The van der Waals surface area contributed by atoms with Gasteiger partial charge >= 0.3 is 0 Å². The fourth-order valence-electron chi connectivity index (χ4n) is 2.76. The number of hydrogen-bond acceptors (Lipinski definition) is 4. The maximum absolute atomic E-state index is 12.8. The molecule has 0 atom stereocenters. The van der Waals surface area contributed by atoms with Crippen LogP contribution < -0.4 is 10.9 Å². The van der Waals surface area contributed by atoms with Gasteiger partial charge in [-0.15, -0.1) is 0 Å². The number of thioether (sulfide) groups is 1. The van der Waals surface area contributed by atoms with E-state index in [0.29, 0.717) is 35.1 Å². The number of amides is 1. The number of fused-ring (bicyclic) bond motifs is 1. The summed E-state index contributed by atoms with van der Waals surface area (Å²) in [5.74, 6) is 0.440. The molecule has 3 aromatic rings. The van der Waals surface area contributed by atoms with Crippen LogP contribution in [0.15, 0.2) is 64.5 Å². The first-order valence-electron chi connectivity index (χ1n) is 8.97. The molecular weight excluding hydrogens is 358 g/mol. The van der Waals surface area contributed by atoms with E-state index in [1.807, 2.05) is 48.5 Å². The lowest BCUT2D eigenvalue weighted by molar-refractivity contribution is -0.118. The van der Waals surface area contributed by atoms with Crippen LogP contribution in [0.1, 0.15) is 19.4 Å². The molecule has 0 saturated carbocycles. The first kappa shape index (κ1) is 19.2. The van der Waals surface area contributed by atoms with Crippen molar-refractivity contribution in [2.45, 2.75) is 32.1 Å². The topological polar surface area (TPSA) is 64.0 Å². The van der Waals surface area contributed by atoms with Gasteiger partial charge in [-0.25, -0.2) is 4.98 Å². The van der Waals surface area contributed by atoms with E-state index < -0.39 is 0 Å². The number of rotatable bonds is 7. The second kappa shape index (κ2) is 8.86. The highest BCUT2D eigenvalue weighted by molar-refractivity contribution is 7.99. The second-order valence-corrected chi connectivity index (χ2v) is 7.71. The molecule has 5 nitrogen and oxygen atoms in total. The van der Waals surface area contributed by atoms with Gasteiger partial charge in [0.2, 0.25) is 5.91 Å². The van der Waals surface area contributed by atoms with E-state index in [4.69, 9.17) is 0 Å². The molecule has 27 heavy (non-hydrogen) atoms. The minimum Gasteiger partial charge on any atom is -0.351 e. The van der Waals surface area contributed by atoms with Gasteiger partial charge in [0.05, 0.1) is 16.7 Å².